The molecule has 124 valence electrons. The van der Waals surface area contributed by atoms with Gasteiger partial charge < -0.3 is 14.2 Å². The van der Waals surface area contributed by atoms with E-state index < -0.39 is 0 Å². The van der Waals surface area contributed by atoms with Crippen LogP contribution in [0.1, 0.15) is 12.5 Å². The molecule has 0 saturated carbocycles. The predicted molar refractivity (Wildman–Crippen MR) is 91.8 cm³/mol. The molecule has 1 aromatic carbocycles. The maximum Gasteiger partial charge on any atom is 0.0991 e. The molecule has 0 aliphatic carbocycles. The number of imidazole rings is 1. The highest BCUT2D eigenvalue weighted by Crippen LogP contribution is 2.12. The van der Waals surface area contributed by atoms with Crippen molar-refractivity contribution in [1.29, 1.82) is 0 Å². The first-order valence-corrected chi connectivity index (χ1v) is 8.30. The lowest BCUT2D eigenvalue weighted by molar-refractivity contribution is 0.0137. The summed E-state index contributed by atoms with van der Waals surface area (Å²) >= 11 is 0. The summed E-state index contributed by atoms with van der Waals surface area (Å²) in [6, 6.07) is 9.26. The number of nitrogens with zero attached hydrogens (tertiary/aromatic N) is 4. The van der Waals surface area contributed by atoms with E-state index in [1.165, 1.54) is 5.56 Å². The lowest BCUT2D eigenvalue weighted by atomic mass is 10.1. The average Bonchev–Trinajstić information content (AvgIpc) is 3.11. The summed E-state index contributed by atoms with van der Waals surface area (Å²) in [6.07, 6.45) is 5.59. The molecular formula is C18H26N4O. The van der Waals surface area contributed by atoms with Crippen LogP contribution in [0.4, 0.5) is 0 Å². The molecule has 0 radical (unpaired) electrons. The third-order valence-corrected chi connectivity index (χ3v) is 4.44. The quantitative estimate of drug-likeness (QED) is 0.817. The molecule has 1 atom stereocenters. The van der Waals surface area contributed by atoms with Crippen molar-refractivity contribution in [1.82, 2.24) is 19.4 Å². The van der Waals surface area contributed by atoms with E-state index in [1.54, 1.807) is 6.20 Å². The van der Waals surface area contributed by atoms with Gasteiger partial charge in [0.1, 0.15) is 0 Å². The Hall–Kier alpha value is -1.69. The maximum absolute atomic E-state index is 5.43. The van der Waals surface area contributed by atoms with Crippen LogP contribution in [0, 0.1) is 0 Å². The van der Waals surface area contributed by atoms with Crippen molar-refractivity contribution in [3.05, 3.63) is 48.5 Å². The minimum absolute atomic E-state index is 0.564. The van der Waals surface area contributed by atoms with Gasteiger partial charge in [-0.1, -0.05) is 12.1 Å². The fourth-order valence-electron chi connectivity index (χ4n) is 3.15. The van der Waals surface area contributed by atoms with Gasteiger partial charge in [0.05, 0.1) is 19.5 Å². The molecule has 1 aliphatic heterocycles. The normalized spacial score (nSPS) is 17.5. The molecule has 5 heteroatoms. The Morgan fingerprint density at radius 3 is 2.61 bits per heavy atom. The molecule has 1 saturated heterocycles. The molecule has 1 aromatic heterocycles. The number of aromatic nitrogens is 2. The van der Waals surface area contributed by atoms with Crippen LogP contribution in [-0.4, -0.2) is 65.3 Å². The minimum atomic E-state index is 0.564. The van der Waals surface area contributed by atoms with Gasteiger partial charge in [0.25, 0.3) is 0 Å². The SMILES string of the molecule is CC(CN(C)Cc1ccc(-n2ccnc2)cc1)N1CCOCC1. The molecule has 23 heavy (non-hydrogen) atoms. The van der Waals surface area contributed by atoms with Crippen LogP contribution in [0.2, 0.25) is 0 Å². The van der Waals surface area contributed by atoms with Crippen LogP contribution >= 0.6 is 0 Å². The van der Waals surface area contributed by atoms with Crippen LogP contribution in [0.25, 0.3) is 5.69 Å². The molecule has 1 unspecified atom stereocenters. The van der Waals surface area contributed by atoms with Gasteiger partial charge in [0.15, 0.2) is 0 Å². The summed E-state index contributed by atoms with van der Waals surface area (Å²) < 4.78 is 7.45. The summed E-state index contributed by atoms with van der Waals surface area (Å²) in [4.78, 5) is 9.00. The molecule has 2 aromatic rings. The van der Waals surface area contributed by atoms with E-state index in [2.05, 4.69) is 53.0 Å². The summed E-state index contributed by atoms with van der Waals surface area (Å²) in [5.41, 5.74) is 2.49. The van der Waals surface area contributed by atoms with Crippen LogP contribution in [-0.2, 0) is 11.3 Å². The molecular weight excluding hydrogens is 288 g/mol. The monoisotopic (exact) mass is 314 g/mol. The molecule has 0 spiro atoms. The molecule has 0 N–H and O–H groups in total. The fraction of sp³-hybridized carbons (Fsp3) is 0.500. The zero-order valence-electron chi connectivity index (χ0n) is 14.1. The van der Waals surface area contributed by atoms with Crippen LogP contribution in [0.15, 0.2) is 43.0 Å². The smallest absolute Gasteiger partial charge is 0.0991 e. The molecule has 1 aliphatic rings. The third kappa shape index (κ3) is 4.41. The highest BCUT2D eigenvalue weighted by Gasteiger charge is 2.18. The Morgan fingerprint density at radius 2 is 1.96 bits per heavy atom. The minimum Gasteiger partial charge on any atom is -0.379 e. The molecule has 5 nitrogen and oxygen atoms in total. The van der Waals surface area contributed by atoms with Crippen molar-refractivity contribution in [2.45, 2.75) is 19.5 Å². The molecule has 2 heterocycles. The summed E-state index contributed by atoms with van der Waals surface area (Å²) in [7, 11) is 2.20. The van der Waals surface area contributed by atoms with Gasteiger partial charge in [0.2, 0.25) is 0 Å². The van der Waals surface area contributed by atoms with E-state index in [-0.39, 0.29) is 0 Å². The number of ether oxygens (including phenoxy) is 1. The number of benzene rings is 1. The standard InChI is InChI=1S/C18H26N4O/c1-16(21-9-11-23-12-10-21)13-20(2)14-17-3-5-18(6-4-17)22-8-7-19-15-22/h3-8,15-16H,9-14H2,1-2H3. The van der Waals surface area contributed by atoms with E-state index >= 15 is 0 Å². The molecule has 0 bridgehead atoms. The van der Waals surface area contributed by atoms with Crippen molar-refractivity contribution in [2.75, 3.05) is 39.9 Å². The number of rotatable bonds is 6. The second-order valence-corrected chi connectivity index (χ2v) is 6.33. The van der Waals surface area contributed by atoms with E-state index in [1.807, 2.05) is 17.1 Å². The summed E-state index contributed by atoms with van der Waals surface area (Å²) in [5.74, 6) is 0. The lowest BCUT2D eigenvalue weighted by Crippen LogP contribution is -2.46. The number of hydrogen-bond acceptors (Lipinski definition) is 4. The Balaban J connectivity index is 1.52. The van der Waals surface area contributed by atoms with Gasteiger partial charge in [-0.25, -0.2) is 4.98 Å². The Labute approximate surface area is 138 Å². The second kappa shape index (κ2) is 7.73. The van der Waals surface area contributed by atoms with E-state index in [0.717, 1.165) is 45.1 Å². The Morgan fingerprint density at radius 1 is 1.22 bits per heavy atom. The van der Waals surface area contributed by atoms with E-state index in [4.69, 9.17) is 4.74 Å². The van der Waals surface area contributed by atoms with Crippen LogP contribution in [0.5, 0.6) is 0 Å². The lowest BCUT2D eigenvalue weighted by Gasteiger charge is -2.34. The highest BCUT2D eigenvalue weighted by molar-refractivity contribution is 5.34. The maximum atomic E-state index is 5.43. The number of hydrogen-bond donors (Lipinski definition) is 0. The summed E-state index contributed by atoms with van der Waals surface area (Å²) in [6.45, 7) is 8.18. The van der Waals surface area contributed by atoms with Crippen LogP contribution in [0.3, 0.4) is 0 Å². The highest BCUT2D eigenvalue weighted by atomic mass is 16.5. The van der Waals surface area contributed by atoms with Crippen molar-refractivity contribution in [2.24, 2.45) is 0 Å². The first-order valence-electron chi connectivity index (χ1n) is 8.30. The number of likely N-dealkylation sites (N-methyl/N-ethyl adjacent to an activating group) is 1. The van der Waals surface area contributed by atoms with Gasteiger partial charge in [-0.15, -0.1) is 0 Å². The fourth-order valence-corrected chi connectivity index (χ4v) is 3.15. The van der Waals surface area contributed by atoms with Gasteiger partial charge >= 0.3 is 0 Å². The van der Waals surface area contributed by atoms with Gasteiger partial charge in [-0.05, 0) is 31.7 Å². The topological polar surface area (TPSA) is 33.5 Å². The van der Waals surface area contributed by atoms with Crippen molar-refractivity contribution >= 4 is 0 Å². The van der Waals surface area contributed by atoms with Crippen molar-refractivity contribution in [3.63, 3.8) is 0 Å². The zero-order valence-corrected chi connectivity index (χ0v) is 14.1. The largest absolute Gasteiger partial charge is 0.379 e. The van der Waals surface area contributed by atoms with E-state index in [0.29, 0.717) is 6.04 Å². The molecule has 3 rings (SSSR count). The van der Waals surface area contributed by atoms with Gasteiger partial charge in [0, 0.05) is 50.3 Å². The average molecular weight is 314 g/mol. The Kier molecular flexibility index (Phi) is 5.43. The van der Waals surface area contributed by atoms with E-state index in [9.17, 15) is 0 Å². The van der Waals surface area contributed by atoms with Crippen molar-refractivity contribution in [3.8, 4) is 5.69 Å². The first-order chi connectivity index (χ1) is 11.2. The zero-order chi connectivity index (χ0) is 16.1. The first kappa shape index (κ1) is 16.2. The molecule has 0 amide bonds. The predicted octanol–water partition coefficient (Wildman–Crippen LogP) is 2.02. The number of morpholine rings is 1. The van der Waals surface area contributed by atoms with Crippen LogP contribution < -0.4 is 0 Å². The third-order valence-electron chi connectivity index (χ3n) is 4.44. The van der Waals surface area contributed by atoms with Gasteiger partial charge in [-0.2, -0.15) is 0 Å². The second-order valence-electron chi connectivity index (χ2n) is 6.33. The summed E-state index contributed by atoms with van der Waals surface area (Å²) in [5, 5.41) is 0. The van der Waals surface area contributed by atoms with Crippen molar-refractivity contribution < 1.29 is 4.74 Å². The Bertz CT molecular complexity index is 576. The molecule has 1 fully saturated rings. The van der Waals surface area contributed by atoms with Gasteiger partial charge in [-0.3, -0.25) is 4.90 Å².